The number of hydrogen-bond donors (Lipinski definition) is 2. The predicted octanol–water partition coefficient (Wildman–Crippen LogP) is 0.638. The van der Waals surface area contributed by atoms with E-state index in [1.165, 1.54) is 6.92 Å². The van der Waals surface area contributed by atoms with Gasteiger partial charge < -0.3 is 15.1 Å². The van der Waals surface area contributed by atoms with E-state index in [0.29, 0.717) is 31.0 Å². The fourth-order valence-corrected chi connectivity index (χ4v) is 1.99. The van der Waals surface area contributed by atoms with Gasteiger partial charge in [0, 0.05) is 30.8 Å². The van der Waals surface area contributed by atoms with Gasteiger partial charge in [-0.3, -0.25) is 4.79 Å². The van der Waals surface area contributed by atoms with Gasteiger partial charge in [0.25, 0.3) is 0 Å². The molecule has 0 spiro atoms. The molecule has 0 radical (unpaired) electrons. The first kappa shape index (κ1) is 13.7. The van der Waals surface area contributed by atoms with E-state index in [9.17, 15) is 9.59 Å². The number of carboxylic acids is 1. The van der Waals surface area contributed by atoms with Gasteiger partial charge in [-0.05, 0) is 32.6 Å². The normalized spacial score (nSPS) is 21.4. The van der Waals surface area contributed by atoms with Gasteiger partial charge in [0.15, 0.2) is 0 Å². The maximum absolute atomic E-state index is 12.0. The standard InChI is InChI=1S/C12H19NO4/c1-8(9(2)12(16)17)11(15)13-5-3-10(7-13)4-6-14/h10,14H,3-7H2,1-2H3,(H,16,17). The van der Waals surface area contributed by atoms with Crippen LogP contribution in [-0.2, 0) is 9.59 Å². The number of nitrogens with zero attached hydrogens (tertiary/aromatic N) is 1. The molecule has 0 saturated carbocycles. The van der Waals surface area contributed by atoms with Crippen LogP contribution in [0.25, 0.3) is 0 Å². The van der Waals surface area contributed by atoms with Crippen molar-refractivity contribution >= 4 is 11.9 Å². The number of hydrogen-bond acceptors (Lipinski definition) is 3. The third-order valence-corrected chi connectivity index (χ3v) is 3.31. The topological polar surface area (TPSA) is 77.8 Å². The minimum atomic E-state index is -1.05. The van der Waals surface area contributed by atoms with Crippen LogP contribution < -0.4 is 0 Å². The van der Waals surface area contributed by atoms with Gasteiger partial charge in [-0.1, -0.05) is 0 Å². The largest absolute Gasteiger partial charge is 0.478 e. The number of aliphatic hydroxyl groups is 1. The smallest absolute Gasteiger partial charge is 0.331 e. The summed E-state index contributed by atoms with van der Waals surface area (Å²) in [7, 11) is 0. The Morgan fingerprint density at radius 3 is 2.47 bits per heavy atom. The Hall–Kier alpha value is -1.36. The second kappa shape index (κ2) is 5.82. The van der Waals surface area contributed by atoms with E-state index < -0.39 is 5.97 Å². The van der Waals surface area contributed by atoms with Crippen LogP contribution in [0.15, 0.2) is 11.1 Å². The molecule has 1 saturated heterocycles. The number of carboxylic acid groups (broad SMARTS) is 1. The second-order valence-electron chi connectivity index (χ2n) is 4.47. The van der Waals surface area contributed by atoms with Crippen molar-refractivity contribution in [2.45, 2.75) is 26.7 Å². The van der Waals surface area contributed by atoms with Gasteiger partial charge in [0.2, 0.25) is 5.91 Å². The van der Waals surface area contributed by atoms with Crippen molar-refractivity contribution in [1.82, 2.24) is 4.90 Å². The van der Waals surface area contributed by atoms with Gasteiger partial charge in [-0.2, -0.15) is 0 Å². The van der Waals surface area contributed by atoms with Crippen LogP contribution in [0, 0.1) is 5.92 Å². The first-order chi connectivity index (χ1) is 7.97. The Labute approximate surface area is 101 Å². The Morgan fingerprint density at radius 2 is 1.94 bits per heavy atom. The zero-order valence-electron chi connectivity index (χ0n) is 10.3. The van der Waals surface area contributed by atoms with Gasteiger partial charge in [-0.25, -0.2) is 4.79 Å². The summed E-state index contributed by atoms with van der Waals surface area (Å²) in [6.07, 6.45) is 1.58. The van der Waals surface area contributed by atoms with E-state index in [1.54, 1.807) is 11.8 Å². The van der Waals surface area contributed by atoms with Crippen LogP contribution in [0.1, 0.15) is 26.7 Å². The van der Waals surface area contributed by atoms with E-state index in [2.05, 4.69) is 0 Å². The number of carbonyl (C=O) groups is 2. The Balaban J connectivity index is 2.67. The molecule has 5 nitrogen and oxygen atoms in total. The molecule has 0 aromatic rings. The Morgan fingerprint density at radius 1 is 1.29 bits per heavy atom. The molecule has 1 heterocycles. The number of rotatable bonds is 4. The molecule has 1 aliphatic heterocycles. The van der Waals surface area contributed by atoms with E-state index in [-0.39, 0.29) is 18.1 Å². The van der Waals surface area contributed by atoms with E-state index in [1.807, 2.05) is 0 Å². The maximum Gasteiger partial charge on any atom is 0.331 e. The van der Waals surface area contributed by atoms with Gasteiger partial charge in [0.05, 0.1) is 0 Å². The van der Waals surface area contributed by atoms with Crippen LogP contribution in [0.4, 0.5) is 0 Å². The third-order valence-electron chi connectivity index (χ3n) is 3.31. The molecule has 0 aliphatic carbocycles. The quantitative estimate of drug-likeness (QED) is 0.708. The molecule has 0 aromatic carbocycles. The predicted molar refractivity (Wildman–Crippen MR) is 62.4 cm³/mol. The van der Waals surface area contributed by atoms with Crippen molar-refractivity contribution in [2.75, 3.05) is 19.7 Å². The lowest BCUT2D eigenvalue weighted by Gasteiger charge is -2.17. The lowest BCUT2D eigenvalue weighted by Crippen LogP contribution is -2.30. The molecule has 1 amide bonds. The van der Waals surface area contributed by atoms with Crippen molar-refractivity contribution < 1.29 is 19.8 Å². The van der Waals surface area contributed by atoms with Crippen molar-refractivity contribution in [3.8, 4) is 0 Å². The van der Waals surface area contributed by atoms with Crippen molar-refractivity contribution in [1.29, 1.82) is 0 Å². The lowest BCUT2D eigenvalue weighted by atomic mass is 10.1. The zero-order valence-corrected chi connectivity index (χ0v) is 10.3. The summed E-state index contributed by atoms with van der Waals surface area (Å²) in [6, 6.07) is 0. The molecule has 1 aliphatic rings. The molecule has 17 heavy (non-hydrogen) atoms. The molecule has 1 fully saturated rings. The number of amides is 1. The van der Waals surface area contributed by atoms with Gasteiger partial charge >= 0.3 is 5.97 Å². The summed E-state index contributed by atoms with van der Waals surface area (Å²) in [6.45, 7) is 4.38. The zero-order chi connectivity index (χ0) is 13.0. The van der Waals surface area contributed by atoms with E-state index in [4.69, 9.17) is 10.2 Å². The molecule has 5 heteroatoms. The summed E-state index contributed by atoms with van der Waals surface area (Å²) >= 11 is 0. The third kappa shape index (κ3) is 3.30. The molecule has 1 rings (SSSR count). The summed E-state index contributed by atoms with van der Waals surface area (Å²) in [4.78, 5) is 24.4. The molecule has 1 atom stereocenters. The molecule has 2 N–H and O–H groups in total. The van der Waals surface area contributed by atoms with Crippen LogP contribution >= 0.6 is 0 Å². The molecular formula is C12H19NO4. The van der Waals surface area contributed by atoms with E-state index >= 15 is 0 Å². The monoisotopic (exact) mass is 241 g/mol. The maximum atomic E-state index is 12.0. The first-order valence-corrected chi connectivity index (χ1v) is 5.78. The van der Waals surface area contributed by atoms with Crippen LogP contribution in [-0.4, -0.2) is 46.7 Å². The molecular weight excluding hydrogens is 222 g/mol. The summed E-state index contributed by atoms with van der Waals surface area (Å²) < 4.78 is 0. The Kier molecular flexibility index (Phi) is 4.69. The van der Waals surface area contributed by atoms with Crippen LogP contribution in [0.2, 0.25) is 0 Å². The summed E-state index contributed by atoms with van der Waals surface area (Å²) in [5, 5.41) is 17.6. The number of carbonyl (C=O) groups excluding carboxylic acids is 1. The number of aliphatic carboxylic acids is 1. The fraction of sp³-hybridized carbons (Fsp3) is 0.667. The highest BCUT2D eigenvalue weighted by atomic mass is 16.4. The summed E-state index contributed by atoms with van der Waals surface area (Å²) in [5.41, 5.74) is 0.391. The Bertz CT molecular complexity index is 348. The average Bonchev–Trinajstić information content (AvgIpc) is 2.75. The molecule has 1 unspecified atom stereocenters. The van der Waals surface area contributed by atoms with Crippen LogP contribution in [0.5, 0.6) is 0 Å². The minimum Gasteiger partial charge on any atom is -0.478 e. The minimum absolute atomic E-state index is 0.0978. The summed E-state index contributed by atoms with van der Waals surface area (Å²) in [5.74, 6) is -0.922. The fourth-order valence-electron chi connectivity index (χ4n) is 1.99. The number of likely N-dealkylation sites (tertiary alicyclic amines) is 1. The second-order valence-corrected chi connectivity index (χ2v) is 4.47. The first-order valence-electron chi connectivity index (χ1n) is 5.78. The highest BCUT2D eigenvalue weighted by Gasteiger charge is 2.27. The van der Waals surface area contributed by atoms with Gasteiger partial charge in [0.1, 0.15) is 0 Å². The SMILES string of the molecule is CC(C(=O)O)=C(C)C(=O)N1CCC(CCO)C1. The van der Waals surface area contributed by atoms with Crippen molar-refractivity contribution in [3.05, 3.63) is 11.1 Å². The molecule has 0 bridgehead atoms. The molecule has 0 aromatic heterocycles. The van der Waals surface area contributed by atoms with Crippen molar-refractivity contribution in [2.24, 2.45) is 5.92 Å². The number of aliphatic hydroxyl groups excluding tert-OH is 1. The van der Waals surface area contributed by atoms with Crippen LogP contribution in [0.3, 0.4) is 0 Å². The molecule has 96 valence electrons. The lowest BCUT2D eigenvalue weighted by molar-refractivity contribution is -0.133. The average molecular weight is 241 g/mol. The van der Waals surface area contributed by atoms with E-state index in [0.717, 1.165) is 6.42 Å². The highest BCUT2D eigenvalue weighted by Crippen LogP contribution is 2.21. The van der Waals surface area contributed by atoms with Crippen molar-refractivity contribution in [3.63, 3.8) is 0 Å². The van der Waals surface area contributed by atoms with Gasteiger partial charge in [-0.15, -0.1) is 0 Å². The highest BCUT2D eigenvalue weighted by molar-refractivity contribution is 6.01.